The first-order valence-electron chi connectivity index (χ1n) is 6.04. The van der Waals surface area contributed by atoms with E-state index in [0.717, 1.165) is 6.42 Å². The molecule has 1 unspecified atom stereocenters. The lowest BCUT2D eigenvalue weighted by Gasteiger charge is -2.22. The van der Waals surface area contributed by atoms with Gasteiger partial charge in [0.2, 0.25) is 0 Å². The van der Waals surface area contributed by atoms with Gasteiger partial charge >= 0.3 is 11.9 Å². The SMILES string of the molecule is O=C(O)CC(CCC1CCCCC1)C(=O)O. The van der Waals surface area contributed by atoms with Crippen molar-refractivity contribution in [2.24, 2.45) is 11.8 Å². The molecule has 0 heterocycles. The Hall–Kier alpha value is -1.06. The van der Waals surface area contributed by atoms with Crippen molar-refractivity contribution in [2.45, 2.75) is 51.4 Å². The van der Waals surface area contributed by atoms with Crippen molar-refractivity contribution < 1.29 is 19.8 Å². The zero-order chi connectivity index (χ0) is 12.0. The molecule has 1 aliphatic carbocycles. The second-order valence-electron chi connectivity index (χ2n) is 4.71. The second-order valence-corrected chi connectivity index (χ2v) is 4.71. The number of carbonyl (C=O) groups is 2. The van der Waals surface area contributed by atoms with Crippen LogP contribution in [0.1, 0.15) is 51.4 Å². The van der Waals surface area contributed by atoms with Crippen molar-refractivity contribution in [3.05, 3.63) is 0 Å². The van der Waals surface area contributed by atoms with E-state index in [-0.39, 0.29) is 6.42 Å². The third kappa shape index (κ3) is 4.64. The fourth-order valence-electron chi connectivity index (χ4n) is 2.44. The molecule has 0 spiro atoms. The fourth-order valence-corrected chi connectivity index (χ4v) is 2.44. The molecule has 1 saturated carbocycles. The summed E-state index contributed by atoms with van der Waals surface area (Å²) in [6, 6.07) is 0. The average Bonchev–Trinajstić information content (AvgIpc) is 2.25. The lowest BCUT2D eigenvalue weighted by molar-refractivity contribution is -0.148. The molecule has 4 heteroatoms. The molecule has 0 aliphatic heterocycles. The minimum atomic E-state index is -1.02. The quantitative estimate of drug-likeness (QED) is 0.732. The zero-order valence-electron chi connectivity index (χ0n) is 9.52. The van der Waals surface area contributed by atoms with Gasteiger partial charge in [-0.2, -0.15) is 0 Å². The van der Waals surface area contributed by atoms with Crippen LogP contribution in [0.3, 0.4) is 0 Å². The molecule has 4 nitrogen and oxygen atoms in total. The summed E-state index contributed by atoms with van der Waals surface area (Å²) >= 11 is 0. The van der Waals surface area contributed by atoms with E-state index in [0.29, 0.717) is 12.3 Å². The predicted molar refractivity (Wildman–Crippen MR) is 59.2 cm³/mol. The summed E-state index contributed by atoms with van der Waals surface area (Å²) in [6.07, 6.45) is 7.24. The van der Waals surface area contributed by atoms with E-state index in [4.69, 9.17) is 10.2 Å². The molecule has 0 aromatic rings. The molecule has 0 saturated heterocycles. The molecule has 0 aromatic carbocycles. The average molecular weight is 228 g/mol. The maximum Gasteiger partial charge on any atom is 0.307 e. The summed E-state index contributed by atoms with van der Waals surface area (Å²) in [4.78, 5) is 21.3. The van der Waals surface area contributed by atoms with E-state index in [1.165, 1.54) is 32.1 Å². The van der Waals surface area contributed by atoms with Crippen molar-refractivity contribution in [1.82, 2.24) is 0 Å². The molecular weight excluding hydrogens is 208 g/mol. The molecule has 0 amide bonds. The van der Waals surface area contributed by atoms with Gasteiger partial charge in [0.15, 0.2) is 0 Å². The van der Waals surface area contributed by atoms with Gasteiger partial charge < -0.3 is 10.2 Å². The number of hydrogen-bond donors (Lipinski definition) is 2. The largest absolute Gasteiger partial charge is 0.481 e. The van der Waals surface area contributed by atoms with E-state index >= 15 is 0 Å². The first-order chi connectivity index (χ1) is 7.59. The Labute approximate surface area is 95.7 Å². The summed E-state index contributed by atoms with van der Waals surface area (Å²) in [7, 11) is 0. The van der Waals surface area contributed by atoms with Gasteiger partial charge in [-0.3, -0.25) is 9.59 Å². The maximum atomic E-state index is 10.8. The number of carboxylic acid groups (broad SMARTS) is 2. The Kier molecular flexibility index (Phi) is 5.29. The number of hydrogen-bond acceptors (Lipinski definition) is 2. The van der Waals surface area contributed by atoms with Gasteiger partial charge in [0.1, 0.15) is 0 Å². The van der Waals surface area contributed by atoms with Crippen LogP contribution in [-0.2, 0) is 9.59 Å². The highest BCUT2D eigenvalue weighted by Gasteiger charge is 2.23. The van der Waals surface area contributed by atoms with Crippen LogP contribution in [0.25, 0.3) is 0 Å². The highest BCUT2D eigenvalue weighted by atomic mass is 16.4. The van der Waals surface area contributed by atoms with Crippen molar-refractivity contribution >= 4 is 11.9 Å². The molecule has 0 aromatic heterocycles. The van der Waals surface area contributed by atoms with E-state index < -0.39 is 17.9 Å². The molecule has 1 atom stereocenters. The van der Waals surface area contributed by atoms with Crippen LogP contribution in [0.2, 0.25) is 0 Å². The third-order valence-corrected chi connectivity index (χ3v) is 3.42. The standard InChI is InChI=1S/C12H20O4/c13-11(14)8-10(12(15)16)7-6-9-4-2-1-3-5-9/h9-10H,1-8H2,(H,13,14)(H,15,16). The van der Waals surface area contributed by atoms with E-state index in [2.05, 4.69) is 0 Å². The molecule has 0 bridgehead atoms. The van der Waals surface area contributed by atoms with E-state index in [9.17, 15) is 9.59 Å². The Morgan fingerprint density at radius 2 is 1.75 bits per heavy atom. The van der Waals surface area contributed by atoms with Crippen molar-refractivity contribution in [3.63, 3.8) is 0 Å². The smallest absolute Gasteiger partial charge is 0.307 e. The monoisotopic (exact) mass is 228 g/mol. The van der Waals surface area contributed by atoms with E-state index in [1.54, 1.807) is 0 Å². The molecular formula is C12H20O4. The molecule has 92 valence electrons. The van der Waals surface area contributed by atoms with Crippen LogP contribution in [-0.4, -0.2) is 22.2 Å². The highest BCUT2D eigenvalue weighted by Crippen LogP contribution is 2.29. The summed E-state index contributed by atoms with van der Waals surface area (Å²) < 4.78 is 0. The summed E-state index contributed by atoms with van der Waals surface area (Å²) in [5, 5.41) is 17.5. The third-order valence-electron chi connectivity index (χ3n) is 3.42. The minimum absolute atomic E-state index is 0.248. The molecule has 2 N–H and O–H groups in total. The van der Waals surface area contributed by atoms with Crippen molar-refractivity contribution in [1.29, 1.82) is 0 Å². The van der Waals surface area contributed by atoms with E-state index in [1.807, 2.05) is 0 Å². The van der Waals surface area contributed by atoms with Crippen LogP contribution in [0.4, 0.5) is 0 Å². The maximum absolute atomic E-state index is 10.8. The number of rotatable bonds is 6. The zero-order valence-corrected chi connectivity index (χ0v) is 9.52. The van der Waals surface area contributed by atoms with Crippen LogP contribution in [0, 0.1) is 11.8 Å². The molecule has 1 aliphatic rings. The van der Waals surface area contributed by atoms with Gasteiger partial charge in [-0.05, 0) is 18.8 Å². The summed E-state index contributed by atoms with van der Waals surface area (Å²) in [5.74, 6) is -2.09. The molecule has 16 heavy (non-hydrogen) atoms. The van der Waals surface area contributed by atoms with Gasteiger partial charge in [-0.25, -0.2) is 0 Å². The van der Waals surface area contributed by atoms with Crippen LogP contribution < -0.4 is 0 Å². The lowest BCUT2D eigenvalue weighted by atomic mass is 9.83. The normalized spacial score (nSPS) is 19.2. The second kappa shape index (κ2) is 6.51. The Bertz CT molecular complexity index is 243. The number of carboxylic acids is 2. The van der Waals surface area contributed by atoms with Gasteiger partial charge in [-0.1, -0.05) is 32.1 Å². The van der Waals surface area contributed by atoms with Gasteiger partial charge in [0.05, 0.1) is 12.3 Å². The van der Waals surface area contributed by atoms with Gasteiger partial charge in [0, 0.05) is 0 Å². The van der Waals surface area contributed by atoms with Crippen LogP contribution in [0.5, 0.6) is 0 Å². The fraction of sp³-hybridized carbons (Fsp3) is 0.833. The van der Waals surface area contributed by atoms with Crippen molar-refractivity contribution in [3.8, 4) is 0 Å². The van der Waals surface area contributed by atoms with Crippen molar-refractivity contribution in [2.75, 3.05) is 0 Å². The lowest BCUT2D eigenvalue weighted by Crippen LogP contribution is -2.19. The molecule has 1 rings (SSSR count). The summed E-state index contributed by atoms with van der Waals surface area (Å²) in [6.45, 7) is 0. The topological polar surface area (TPSA) is 74.6 Å². The van der Waals surface area contributed by atoms with Crippen LogP contribution in [0.15, 0.2) is 0 Å². The Morgan fingerprint density at radius 1 is 1.12 bits per heavy atom. The number of aliphatic carboxylic acids is 2. The molecule has 0 radical (unpaired) electrons. The molecule has 1 fully saturated rings. The Balaban J connectivity index is 2.30. The minimum Gasteiger partial charge on any atom is -0.481 e. The summed E-state index contributed by atoms with van der Waals surface area (Å²) in [5.41, 5.74) is 0. The first kappa shape index (κ1) is 13.0. The first-order valence-corrected chi connectivity index (χ1v) is 6.04. The van der Waals surface area contributed by atoms with Gasteiger partial charge in [-0.15, -0.1) is 0 Å². The van der Waals surface area contributed by atoms with Gasteiger partial charge in [0.25, 0.3) is 0 Å². The highest BCUT2D eigenvalue weighted by molar-refractivity contribution is 5.77. The Morgan fingerprint density at radius 3 is 2.25 bits per heavy atom. The van der Waals surface area contributed by atoms with Crippen LogP contribution >= 0.6 is 0 Å². The predicted octanol–water partition coefficient (Wildman–Crippen LogP) is 2.52.